The molecule has 1 aromatic carbocycles. The van der Waals surface area contributed by atoms with Gasteiger partial charge in [-0.3, -0.25) is 9.69 Å². The van der Waals surface area contributed by atoms with Gasteiger partial charge in [-0.25, -0.2) is 0 Å². The number of amides is 1. The van der Waals surface area contributed by atoms with E-state index in [9.17, 15) is 4.79 Å². The molecule has 194 valence electrons. The minimum atomic E-state index is -0.259. The molecule has 36 heavy (non-hydrogen) atoms. The number of furan rings is 1. The quantitative estimate of drug-likeness (QED) is 0.454. The highest BCUT2D eigenvalue weighted by molar-refractivity contribution is 5.91. The molecular formula is C26H35N5O5. The van der Waals surface area contributed by atoms with Crippen molar-refractivity contribution in [3.05, 3.63) is 53.5 Å². The average Bonchev–Trinajstić information content (AvgIpc) is 3.51. The number of fused-ring (bicyclic) bond motifs is 1. The van der Waals surface area contributed by atoms with Gasteiger partial charge in [0, 0.05) is 32.6 Å². The molecule has 0 aliphatic carbocycles. The van der Waals surface area contributed by atoms with E-state index in [-0.39, 0.29) is 17.7 Å². The van der Waals surface area contributed by atoms with Gasteiger partial charge in [-0.15, -0.1) is 10.2 Å². The number of carbonyl (C=O) groups is 1. The summed E-state index contributed by atoms with van der Waals surface area (Å²) in [7, 11) is 4.85. The number of carbonyl (C=O) groups excluding carboxylic acids is 1. The molecule has 0 saturated heterocycles. The van der Waals surface area contributed by atoms with E-state index in [0.29, 0.717) is 23.2 Å². The molecule has 3 heterocycles. The zero-order valence-corrected chi connectivity index (χ0v) is 21.6. The number of aromatic nitrogens is 3. The molecule has 1 aliphatic rings. The average molecular weight is 498 g/mol. The minimum Gasteiger partial charge on any atom is -0.493 e. The maximum absolute atomic E-state index is 12.7. The summed E-state index contributed by atoms with van der Waals surface area (Å²) in [6.45, 7) is 7.37. The number of ether oxygens (including phenoxy) is 3. The smallest absolute Gasteiger partial charge is 0.287 e. The number of nitrogens with zero attached hydrogens (tertiary/aromatic N) is 4. The molecule has 1 atom stereocenters. The molecule has 0 spiro atoms. The van der Waals surface area contributed by atoms with Gasteiger partial charge in [0.15, 0.2) is 23.1 Å². The van der Waals surface area contributed by atoms with Crippen molar-refractivity contribution < 1.29 is 23.4 Å². The van der Waals surface area contributed by atoms with E-state index >= 15 is 0 Å². The molecule has 0 bridgehead atoms. The topological polar surface area (TPSA) is 104 Å². The van der Waals surface area contributed by atoms with Gasteiger partial charge in [0.1, 0.15) is 5.82 Å². The van der Waals surface area contributed by atoms with Gasteiger partial charge in [0.05, 0.1) is 33.6 Å². The lowest BCUT2D eigenvalue weighted by molar-refractivity contribution is 0.0900. The molecular weight excluding hydrogens is 462 g/mol. The Balaban J connectivity index is 1.50. The van der Waals surface area contributed by atoms with Crippen molar-refractivity contribution >= 4 is 5.91 Å². The van der Waals surface area contributed by atoms with Crippen molar-refractivity contribution in [2.75, 3.05) is 34.4 Å². The fraction of sp³-hybridized carbons (Fsp3) is 0.500. The summed E-state index contributed by atoms with van der Waals surface area (Å²) in [5.74, 6) is 3.99. The predicted molar refractivity (Wildman–Crippen MR) is 133 cm³/mol. The van der Waals surface area contributed by atoms with Crippen LogP contribution in [0.5, 0.6) is 17.2 Å². The van der Waals surface area contributed by atoms with Crippen LogP contribution in [-0.2, 0) is 19.5 Å². The van der Waals surface area contributed by atoms with Crippen LogP contribution in [0.25, 0.3) is 0 Å². The molecule has 0 saturated carbocycles. The van der Waals surface area contributed by atoms with Crippen molar-refractivity contribution in [1.82, 2.24) is 25.0 Å². The lowest BCUT2D eigenvalue weighted by atomic mass is 10.0. The summed E-state index contributed by atoms with van der Waals surface area (Å²) < 4.78 is 23.9. The van der Waals surface area contributed by atoms with Gasteiger partial charge < -0.3 is 28.5 Å². The highest BCUT2D eigenvalue weighted by Crippen LogP contribution is 2.38. The fourth-order valence-electron chi connectivity index (χ4n) is 4.63. The third-order valence-electron chi connectivity index (χ3n) is 6.35. The van der Waals surface area contributed by atoms with Crippen molar-refractivity contribution in [3.8, 4) is 17.2 Å². The Morgan fingerprint density at radius 1 is 1.08 bits per heavy atom. The fourth-order valence-corrected chi connectivity index (χ4v) is 4.63. The molecule has 4 rings (SSSR count). The van der Waals surface area contributed by atoms with Crippen LogP contribution in [0.1, 0.15) is 54.1 Å². The van der Waals surface area contributed by atoms with Crippen LogP contribution in [0, 0.1) is 5.92 Å². The molecule has 3 aromatic rings. The largest absolute Gasteiger partial charge is 0.493 e. The molecule has 0 radical (unpaired) electrons. The third-order valence-corrected chi connectivity index (χ3v) is 6.35. The monoisotopic (exact) mass is 497 g/mol. The molecule has 0 unspecified atom stereocenters. The summed E-state index contributed by atoms with van der Waals surface area (Å²) >= 11 is 0. The second-order valence-electron chi connectivity index (χ2n) is 9.32. The van der Waals surface area contributed by atoms with Crippen molar-refractivity contribution in [1.29, 1.82) is 0 Å². The Kier molecular flexibility index (Phi) is 8.14. The summed E-state index contributed by atoms with van der Waals surface area (Å²) in [5, 5.41) is 12.1. The van der Waals surface area contributed by atoms with Crippen LogP contribution in [0.15, 0.2) is 34.9 Å². The first-order valence-electron chi connectivity index (χ1n) is 12.2. The minimum absolute atomic E-state index is 0.249. The van der Waals surface area contributed by atoms with Crippen LogP contribution in [0.2, 0.25) is 0 Å². The van der Waals surface area contributed by atoms with E-state index in [4.69, 9.17) is 18.6 Å². The highest BCUT2D eigenvalue weighted by atomic mass is 16.5. The Labute approximate surface area is 211 Å². The molecule has 1 aliphatic heterocycles. The van der Waals surface area contributed by atoms with Crippen LogP contribution in [-0.4, -0.2) is 60.0 Å². The zero-order valence-electron chi connectivity index (χ0n) is 21.6. The first kappa shape index (κ1) is 25.6. The molecule has 1 amide bonds. The second-order valence-corrected chi connectivity index (χ2v) is 9.32. The van der Waals surface area contributed by atoms with E-state index in [0.717, 1.165) is 56.2 Å². The lowest BCUT2D eigenvalue weighted by Crippen LogP contribution is -2.32. The summed E-state index contributed by atoms with van der Waals surface area (Å²) in [6.07, 6.45) is 3.01. The van der Waals surface area contributed by atoms with Gasteiger partial charge in [-0.05, 0) is 42.2 Å². The van der Waals surface area contributed by atoms with Gasteiger partial charge >= 0.3 is 0 Å². The van der Waals surface area contributed by atoms with Gasteiger partial charge in [0.2, 0.25) is 5.75 Å². The van der Waals surface area contributed by atoms with Gasteiger partial charge in [-0.2, -0.15) is 0 Å². The zero-order chi connectivity index (χ0) is 25.7. The van der Waals surface area contributed by atoms with E-state index < -0.39 is 0 Å². The predicted octanol–water partition coefficient (Wildman–Crippen LogP) is 3.47. The molecule has 2 aromatic heterocycles. The highest BCUT2D eigenvalue weighted by Gasteiger charge is 2.27. The number of methoxy groups -OCH3 is 3. The molecule has 10 nitrogen and oxygen atoms in total. The van der Waals surface area contributed by atoms with Crippen LogP contribution in [0.4, 0.5) is 0 Å². The van der Waals surface area contributed by atoms with E-state index in [1.54, 1.807) is 33.5 Å². The van der Waals surface area contributed by atoms with E-state index in [1.165, 1.54) is 6.26 Å². The summed E-state index contributed by atoms with van der Waals surface area (Å²) in [5.41, 5.74) is 1.07. The van der Waals surface area contributed by atoms with Crippen molar-refractivity contribution in [2.24, 2.45) is 5.92 Å². The number of hydrogen-bond donors (Lipinski definition) is 1. The molecule has 1 N–H and O–H groups in total. The molecule has 10 heteroatoms. The maximum atomic E-state index is 12.7. The van der Waals surface area contributed by atoms with E-state index in [2.05, 4.69) is 38.8 Å². The number of benzene rings is 1. The SMILES string of the molecule is COc1cc(CN2CCc3nnc([C@@H](CC(C)C)NC(=O)c4ccco4)n3CC2)cc(OC)c1OC. The Bertz CT molecular complexity index is 1130. The summed E-state index contributed by atoms with van der Waals surface area (Å²) in [6, 6.07) is 7.08. The summed E-state index contributed by atoms with van der Waals surface area (Å²) in [4.78, 5) is 15.1. The Hall–Kier alpha value is -3.53. The van der Waals surface area contributed by atoms with Crippen LogP contribution in [0.3, 0.4) is 0 Å². The first-order valence-corrected chi connectivity index (χ1v) is 12.2. The molecule has 0 fully saturated rings. The van der Waals surface area contributed by atoms with Gasteiger partial charge in [0.25, 0.3) is 5.91 Å². The second kappa shape index (κ2) is 11.5. The Morgan fingerprint density at radius 2 is 1.83 bits per heavy atom. The standard InChI is InChI=1S/C26H35N5O5/c1-17(2)13-19(27-26(32)20-7-6-12-36-20)25-29-28-23-8-9-30(10-11-31(23)25)16-18-14-21(33-3)24(35-5)22(15-18)34-4/h6-7,12,14-15,17,19H,8-11,13,16H2,1-5H3,(H,27,32)/t19-/m1/s1. The normalized spacial score (nSPS) is 14.7. The first-order chi connectivity index (χ1) is 17.4. The maximum Gasteiger partial charge on any atom is 0.287 e. The third kappa shape index (κ3) is 5.64. The number of hydrogen-bond acceptors (Lipinski definition) is 8. The van der Waals surface area contributed by atoms with Crippen molar-refractivity contribution in [3.63, 3.8) is 0 Å². The van der Waals surface area contributed by atoms with Crippen molar-refractivity contribution in [2.45, 2.75) is 45.8 Å². The van der Waals surface area contributed by atoms with Gasteiger partial charge in [-0.1, -0.05) is 13.8 Å². The number of nitrogens with one attached hydrogen (secondary N) is 1. The number of rotatable bonds is 10. The van der Waals surface area contributed by atoms with E-state index in [1.807, 2.05) is 12.1 Å². The lowest BCUT2D eigenvalue weighted by Gasteiger charge is -2.22. The Morgan fingerprint density at radius 3 is 2.44 bits per heavy atom. The van der Waals surface area contributed by atoms with Crippen LogP contribution >= 0.6 is 0 Å². The van der Waals surface area contributed by atoms with Crippen LogP contribution < -0.4 is 19.5 Å².